The van der Waals surface area contributed by atoms with Gasteiger partial charge in [-0.15, -0.1) is 0 Å². The van der Waals surface area contributed by atoms with Crippen molar-refractivity contribution in [3.05, 3.63) is 47.5 Å². The number of hydrogen-bond donors (Lipinski definition) is 1. The molecular formula is C35H52N4O5Si. The Morgan fingerprint density at radius 2 is 1.76 bits per heavy atom. The van der Waals surface area contributed by atoms with Crippen molar-refractivity contribution in [1.29, 1.82) is 0 Å². The van der Waals surface area contributed by atoms with Gasteiger partial charge in [0, 0.05) is 30.7 Å². The Labute approximate surface area is 270 Å². The van der Waals surface area contributed by atoms with Gasteiger partial charge in [-0.25, -0.2) is 9.97 Å². The molecule has 4 rings (SSSR count). The first-order valence-electron chi connectivity index (χ1n) is 16.1. The van der Waals surface area contributed by atoms with Gasteiger partial charge in [-0.2, -0.15) is 0 Å². The molecular weight excluding hydrogens is 584 g/mol. The van der Waals surface area contributed by atoms with Crippen molar-refractivity contribution in [2.75, 3.05) is 19.8 Å². The molecule has 1 N–H and O–H groups in total. The Bertz CT molecular complexity index is 1450. The zero-order valence-electron chi connectivity index (χ0n) is 29.0. The molecule has 2 unspecified atom stereocenters. The topological polar surface area (TPSA) is 109 Å². The van der Waals surface area contributed by atoms with Crippen LogP contribution in [0.4, 0.5) is 0 Å². The summed E-state index contributed by atoms with van der Waals surface area (Å²) < 4.78 is 24.4. The van der Waals surface area contributed by atoms with Crippen LogP contribution in [0.1, 0.15) is 83.3 Å². The summed E-state index contributed by atoms with van der Waals surface area (Å²) in [6.45, 7) is 25.7. The number of nitrogens with one attached hydrogen (secondary N) is 1. The monoisotopic (exact) mass is 636 g/mol. The number of ether oxygens (including phenoxy) is 2. The molecule has 1 aromatic carbocycles. The van der Waals surface area contributed by atoms with Crippen LogP contribution < -0.4 is 10.1 Å². The highest BCUT2D eigenvalue weighted by molar-refractivity contribution is 6.74. The van der Waals surface area contributed by atoms with Crippen molar-refractivity contribution >= 4 is 14.2 Å². The number of carbonyl (C=O) groups excluding carboxylic acids is 1. The van der Waals surface area contributed by atoms with Gasteiger partial charge in [-0.3, -0.25) is 4.79 Å². The third-order valence-corrected chi connectivity index (χ3v) is 13.6. The van der Waals surface area contributed by atoms with Crippen molar-refractivity contribution in [2.24, 2.45) is 11.3 Å². The maximum absolute atomic E-state index is 13.4. The Kier molecular flexibility index (Phi) is 10.6. The summed E-state index contributed by atoms with van der Waals surface area (Å²) in [5.41, 5.74) is 2.89. The number of nitrogens with zero attached hydrogens (tertiary/aromatic N) is 3. The molecule has 1 aliphatic heterocycles. The predicted octanol–water partition coefficient (Wildman–Crippen LogP) is 7.78. The van der Waals surface area contributed by atoms with Gasteiger partial charge in [-0.1, -0.05) is 58.8 Å². The predicted molar refractivity (Wildman–Crippen MR) is 180 cm³/mol. The zero-order chi connectivity index (χ0) is 33.2. The van der Waals surface area contributed by atoms with Gasteiger partial charge in [0.25, 0.3) is 5.91 Å². The molecule has 10 heteroatoms. The number of amides is 1. The largest absolute Gasteiger partial charge is 0.487 e. The van der Waals surface area contributed by atoms with Gasteiger partial charge >= 0.3 is 0 Å². The minimum Gasteiger partial charge on any atom is -0.487 e. The van der Waals surface area contributed by atoms with Crippen LogP contribution >= 0.6 is 0 Å². The lowest BCUT2D eigenvalue weighted by atomic mass is 9.86. The molecule has 2 aromatic heterocycles. The van der Waals surface area contributed by atoms with Gasteiger partial charge in [0.05, 0.1) is 23.1 Å². The Morgan fingerprint density at radius 1 is 1.07 bits per heavy atom. The van der Waals surface area contributed by atoms with Crippen LogP contribution in [0.5, 0.6) is 5.75 Å². The van der Waals surface area contributed by atoms with Crippen LogP contribution in [0, 0.1) is 25.2 Å². The van der Waals surface area contributed by atoms with Crippen molar-refractivity contribution in [1.82, 2.24) is 20.4 Å². The molecule has 246 valence electrons. The van der Waals surface area contributed by atoms with Crippen molar-refractivity contribution in [2.45, 2.75) is 105 Å². The Morgan fingerprint density at radius 3 is 2.36 bits per heavy atom. The first-order chi connectivity index (χ1) is 21.0. The first kappa shape index (κ1) is 34.8. The molecule has 45 heavy (non-hydrogen) atoms. The van der Waals surface area contributed by atoms with Crippen LogP contribution in [-0.2, 0) is 9.16 Å². The molecule has 0 saturated carbocycles. The number of benzene rings is 1. The second-order valence-corrected chi connectivity index (χ2v) is 19.7. The van der Waals surface area contributed by atoms with Gasteiger partial charge in [0.2, 0.25) is 0 Å². The fourth-order valence-electron chi connectivity index (χ4n) is 5.48. The number of aromatic nitrogens is 3. The molecule has 1 aliphatic rings. The summed E-state index contributed by atoms with van der Waals surface area (Å²) in [4.78, 5) is 23.1. The second kappa shape index (κ2) is 13.7. The van der Waals surface area contributed by atoms with Crippen molar-refractivity contribution < 1.29 is 23.2 Å². The highest BCUT2D eigenvalue weighted by Crippen LogP contribution is 2.40. The summed E-state index contributed by atoms with van der Waals surface area (Å²) in [5.74, 6) is 1.89. The highest BCUT2D eigenvalue weighted by Gasteiger charge is 2.42. The fourth-order valence-corrected chi connectivity index (χ4v) is 6.89. The van der Waals surface area contributed by atoms with E-state index in [1.807, 2.05) is 38.1 Å². The molecule has 1 saturated heterocycles. The van der Waals surface area contributed by atoms with E-state index in [1.165, 1.54) is 0 Å². The van der Waals surface area contributed by atoms with E-state index < -0.39 is 8.32 Å². The highest BCUT2D eigenvalue weighted by atomic mass is 28.4. The van der Waals surface area contributed by atoms with Crippen LogP contribution in [-0.4, -0.2) is 61.3 Å². The molecule has 3 heterocycles. The molecule has 0 bridgehead atoms. The lowest BCUT2D eigenvalue weighted by Gasteiger charge is -2.43. The van der Waals surface area contributed by atoms with Gasteiger partial charge in [0.1, 0.15) is 23.3 Å². The van der Waals surface area contributed by atoms with E-state index in [-0.39, 0.29) is 34.3 Å². The van der Waals surface area contributed by atoms with E-state index in [4.69, 9.17) is 28.4 Å². The molecule has 1 amide bonds. The number of carbonyl (C=O) groups is 1. The van der Waals surface area contributed by atoms with Crippen molar-refractivity contribution in [3.63, 3.8) is 0 Å². The van der Waals surface area contributed by atoms with E-state index in [0.717, 1.165) is 37.2 Å². The summed E-state index contributed by atoms with van der Waals surface area (Å²) in [6, 6.07) is 9.46. The smallest absolute Gasteiger partial charge is 0.270 e. The van der Waals surface area contributed by atoms with Crippen LogP contribution in [0.3, 0.4) is 0 Å². The number of aryl methyl sites for hydroxylation is 2. The summed E-state index contributed by atoms with van der Waals surface area (Å²) in [5, 5.41) is 7.29. The minimum atomic E-state index is -2.02. The number of hydrogen-bond acceptors (Lipinski definition) is 8. The Balaban J connectivity index is 1.67. The quantitative estimate of drug-likeness (QED) is 0.225. The van der Waals surface area contributed by atoms with E-state index in [1.54, 1.807) is 6.07 Å². The summed E-state index contributed by atoms with van der Waals surface area (Å²) >= 11 is 0. The van der Waals surface area contributed by atoms with Crippen LogP contribution in [0.15, 0.2) is 34.9 Å². The average molecular weight is 637 g/mol. The van der Waals surface area contributed by atoms with E-state index in [2.05, 4.69) is 72.0 Å². The molecule has 0 aliphatic carbocycles. The molecule has 0 spiro atoms. The van der Waals surface area contributed by atoms with Gasteiger partial charge in [0.15, 0.2) is 14.1 Å². The molecule has 0 radical (unpaired) electrons. The first-order valence-corrected chi connectivity index (χ1v) is 19.0. The van der Waals surface area contributed by atoms with Gasteiger partial charge < -0.3 is 23.7 Å². The molecule has 9 nitrogen and oxygen atoms in total. The molecule has 3 aromatic rings. The lowest BCUT2D eigenvalue weighted by molar-refractivity contribution is -0.0110. The van der Waals surface area contributed by atoms with Crippen LogP contribution in [0.2, 0.25) is 18.1 Å². The normalized spacial score (nSPS) is 16.3. The maximum Gasteiger partial charge on any atom is 0.270 e. The molecule has 2 atom stereocenters. The minimum absolute atomic E-state index is 0.0853. The SMILES string of the molecule is Cc1noc(C)c1-c1cc(C(=O)NCC2CCOCC2)nc(-c2cccc(OC(C(C)O[Si](C)(C)C(C)(C)C)C(C)(C)C)c2)n1. The zero-order valence-corrected chi connectivity index (χ0v) is 30.0. The van der Waals surface area contributed by atoms with E-state index in [9.17, 15) is 4.79 Å². The number of rotatable bonds is 10. The average Bonchev–Trinajstić information content (AvgIpc) is 3.31. The van der Waals surface area contributed by atoms with Crippen LogP contribution in [0.25, 0.3) is 22.6 Å². The third-order valence-electron chi connectivity index (χ3n) is 9.06. The van der Waals surface area contributed by atoms with E-state index >= 15 is 0 Å². The second-order valence-electron chi connectivity index (χ2n) is 14.9. The van der Waals surface area contributed by atoms with E-state index in [0.29, 0.717) is 41.2 Å². The Hall–Kier alpha value is -3.08. The van der Waals surface area contributed by atoms with Crippen molar-refractivity contribution in [3.8, 4) is 28.4 Å². The fraction of sp³-hybridized carbons (Fsp3) is 0.600. The standard InChI is InChI=1S/C35H52N4O5Si/c1-22-30(23(2)43-39-22)28-20-29(33(40)36-21-25-15-17-41-18-16-25)38-32(37-28)26-13-12-14-27(19-26)42-31(34(4,5)6)24(3)44-45(10,11)35(7,8)9/h12-14,19-20,24-25,31H,15-18,21H2,1-11H3,(H,36,40). The van der Waals surface area contributed by atoms with Gasteiger partial charge in [-0.05, 0) is 75.9 Å². The third kappa shape index (κ3) is 8.59. The maximum atomic E-state index is 13.4. The summed E-state index contributed by atoms with van der Waals surface area (Å²) in [7, 11) is -2.02. The molecule has 1 fully saturated rings. The summed E-state index contributed by atoms with van der Waals surface area (Å²) in [6.07, 6.45) is 1.53. The lowest BCUT2D eigenvalue weighted by Crippen LogP contribution is -2.50.